The average Bonchev–Trinajstić information content (AvgIpc) is 2.74. The minimum absolute atomic E-state index is 0.109. The van der Waals surface area contributed by atoms with Crippen molar-refractivity contribution < 1.29 is 9.53 Å². The molecule has 3 heterocycles. The number of nitrogens with zero attached hydrogens (tertiary/aromatic N) is 3. The van der Waals surface area contributed by atoms with E-state index in [4.69, 9.17) is 9.72 Å². The van der Waals surface area contributed by atoms with Crippen molar-refractivity contribution in [1.29, 1.82) is 0 Å². The summed E-state index contributed by atoms with van der Waals surface area (Å²) in [4.78, 5) is 22.1. The fourth-order valence-corrected chi connectivity index (χ4v) is 4.11. The summed E-state index contributed by atoms with van der Waals surface area (Å²) in [6, 6.07) is 11.9. The highest BCUT2D eigenvalue weighted by Crippen LogP contribution is 2.34. The maximum atomic E-state index is 13.1. The van der Waals surface area contributed by atoms with Crippen LogP contribution in [0.5, 0.6) is 0 Å². The summed E-state index contributed by atoms with van der Waals surface area (Å²) in [6.45, 7) is 6.22. The van der Waals surface area contributed by atoms with Crippen LogP contribution in [0.3, 0.4) is 0 Å². The van der Waals surface area contributed by atoms with Crippen LogP contribution in [0, 0.1) is 6.92 Å². The lowest BCUT2D eigenvalue weighted by Gasteiger charge is -2.37. The lowest BCUT2D eigenvalue weighted by molar-refractivity contribution is 0.0610. The number of carbonyl (C=O) groups is 1. The summed E-state index contributed by atoms with van der Waals surface area (Å²) in [6.07, 6.45) is 5.20. The van der Waals surface area contributed by atoms with Crippen molar-refractivity contribution >= 4 is 11.7 Å². The number of ether oxygens (including phenoxy) is 1. The number of carbonyl (C=O) groups excluding carboxylic acids is 1. The molecule has 0 unspecified atom stereocenters. The first-order chi connectivity index (χ1) is 13.2. The van der Waals surface area contributed by atoms with Crippen molar-refractivity contribution in [2.45, 2.75) is 32.2 Å². The van der Waals surface area contributed by atoms with E-state index in [0.29, 0.717) is 0 Å². The first-order valence-corrected chi connectivity index (χ1v) is 9.89. The molecule has 2 aliphatic rings. The van der Waals surface area contributed by atoms with E-state index < -0.39 is 0 Å². The number of likely N-dealkylation sites (tertiary alicyclic amines) is 1. The minimum atomic E-state index is 0.109. The highest BCUT2D eigenvalue weighted by atomic mass is 16.5. The van der Waals surface area contributed by atoms with Crippen LogP contribution >= 0.6 is 0 Å². The SMILES string of the molecule is Cc1cc(N2CCOCC2)ncc1[C@@H]1CCCCN1C(=O)c1ccccc1. The second kappa shape index (κ2) is 8.09. The standard InChI is InChI=1S/C22H27N3O2/c1-17-15-21(24-11-13-27-14-12-24)23-16-19(17)20-9-5-6-10-25(20)22(26)18-7-3-2-4-8-18/h2-4,7-8,15-16,20H,5-6,9-14H2,1H3/t20-/m0/s1. The summed E-state index contributed by atoms with van der Waals surface area (Å²) in [7, 11) is 0. The maximum absolute atomic E-state index is 13.1. The van der Waals surface area contributed by atoms with Gasteiger partial charge in [-0.05, 0) is 55.5 Å². The Bertz CT molecular complexity index is 787. The molecule has 2 fully saturated rings. The smallest absolute Gasteiger partial charge is 0.254 e. The van der Waals surface area contributed by atoms with Crippen LogP contribution in [0.15, 0.2) is 42.6 Å². The third-order valence-electron chi connectivity index (χ3n) is 5.62. The molecule has 2 aliphatic heterocycles. The fourth-order valence-electron chi connectivity index (χ4n) is 4.11. The summed E-state index contributed by atoms with van der Waals surface area (Å²) < 4.78 is 5.44. The normalized spacial score (nSPS) is 20.6. The molecule has 142 valence electrons. The topological polar surface area (TPSA) is 45.7 Å². The molecule has 0 saturated carbocycles. The number of piperidine rings is 1. The van der Waals surface area contributed by atoms with Gasteiger partial charge in [0.1, 0.15) is 5.82 Å². The van der Waals surface area contributed by atoms with Crippen molar-refractivity contribution in [3.63, 3.8) is 0 Å². The molecule has 1 aromatic carbocycles. The predicted molar refractivity (Wildman–Crippen MR) is 106 cm³/mol. The Hall–Kier alpha value is -2.40. The Morgan fingerprint density at radius 3 is 2.63 bits per heavy atom. The number of aryl methyl sites for hydroxylation is 1. The van der Waals surface area contributed by atoms with Crippen LogP contribution in [0.2, 0.25) is 0 Å². The quantitative estimate of drug-likeness (QED) is 0.834. The molecule has 4 rings (SSSR count). The van der Waals surface area contributed by atoms with E-state index in [9.17, 15) is 4.79 Å². The van der Waals surface area contributed by atoms with Crippen LogP contribution in [-0.4, -0.2) is 48.6 Å². The highest BCUT2D eigenvalue weighted by molar-refractivity contribution is 5.94. The van der Waals surface area contributed by atoms with E-state index >= 15 is 0 Å². The monoisotopic (exact) mass is 365 g/mol. The van der Waals surface area contributed by atoms with Gasteiger partial charge in [-0.2, -0.15) is 0 Å². The second-order valence-electron chi connectivity index (χ2n) is 7.37. The van der Waals surface area contributed by atoms with Gasteiger partial charge in [0, 0.05) is 31.4 Å². The summed E-state index contributed by atoms with van der Waals surface area (Å²) >= 11 is 0. The molecule has 27 heavy (non-hydrogen) atoms. The number of benzene rings is 1. The van der Waals surface area contributed by atoms with Gasteiger partial charge in [-0.1, -0.05) is 18.2 Å². The van der Waals surface area contributed by atoms with Gasteiger partial charge in [-0.3, -0.25) is 4.79 Å². The van der Waals surface area contributed by atoms with Gasteiger partial charge in [-0.15, -0.1) is 0 Å². The molecule has 5 nitrogen and oxygen atoms in total. The Labute approximate surface area is 161 Å². The van der Waals surface area contributed by atoms with Crippen LogP contribution in [0.1, 0.15) is 46.8 Å². The van der Waals surface area contributed by atoms with Gasteiger partial charge < -0.3 is 14.5 Å². The summed E-state index contributed by atoms with van der Waals surface area (Å²) in [5.74, 6) is 1.13. The lowest BCUT2D eigenvalue weighted by atomic mass is 9.92. The number of pyridine rings is 1. The van der Waals surface area contributed by atoms with E-state index in [1.54, 1.807) is 0 Å². The number of anilines is 1. The zero-order valence-electron chi connectivity index (χ0n) is 15.9. The van der Waals surface area contributed by atoms with Gasteiger partial charge in [0.05, 0.1) is 19.3 Å². The number of rotatable bonds is 3. The Balaban J connectivity index is 1.59. The van der Waals surface area contributed by atoms with Crippen molar-refractivity contribution in [3.05, 3.63) is 59.3 Å². The van der Waals surface area contributed by atoms with Gasteiger partial charge in [0.2, 0.25) is 0 Å². The Morgan fingerprint density at radius 2 is 1.89 bits per heavy atom. The van der Waals surface area contributed by atoms with Crippen molar-refractivity contribution in [2.24, 2.45) is 0 Å². The van der Waals surface area contributed by atoms with Crippen molar-refractivity contribution in [2.75, 3.05) is 37.7 Å². The molecule has 0 radical (unpaired) electrons. The first-order valence-electron chi connectivity index (χ1n) is 9.89. The van der Waals surface area contributed by atoms with E-state index in [1.807, 2.05) is 41.4 Å². The molecule has 0 bridgehead atoms. The molecule has 1 amide bonds. The fraction of sp³-hybridized carbons (Fsp3) is 0.455. The number of hydrogen-bond donors (Lipinski definition) is 0. The summed E-state index contributed by atoms with van der Waals surface area (Å²) in [5, 5.41) is 0. The lowest BCUT2D eigenvalue weighted by Crippen LogP contribution is -2.39. The Morgan fingerprint density at radius 1 is 1.11 bits per heavy atom. The van der Waals surface area contributed by atoms with Crippen LogP contribution in [-0.2, 0) is 4.74 Å². The number of aromatic nitrogens is 1. The van der Waals surface area contributed by atoms with E-state index in [0.717, 1.165) is 63.5 Å². The van der Waals surface area contributed by atoms with E-state index in [1.165, 1.54) is 11.1 Å². The highest BCUT2D eigenvalue weighted by Gasteiger charge is 2.30. The number of amides is 1. The molecular weight excluding hydrogens is 338 g/mol. The molecule has 2 aromatic rings. The Kier molecular flexibility index (Phi) is 5.39. The predicted octanol–water partition coefficient (Wildman–Crippen LogP) is 3.59. The van der Waals surface area contributed by atoms with Crippen LogP contribution in [0.4, 0.5) is 5.82 Å². The largest absolute Gasteiger partial charge is 0.378 e. The first kappa shape index (κ1) is 18.0. The third kappa shape index (κ3) is 3.83. The third-order valence-corrected chi connectivity index (χ3v) is 5.62. The maximum Gasteiger partial charge on any atom is 0.254 e. The van der Waals surface area contributed by atoms with Gasteiger partial charge >= 0.3 is 0 Å². The number of morpholine rings is 1. The molecular formula is C22H27N3O2. The van der Waals surface area contributed by atoms with Crippen LogP contribution in [0.25, 0.3) is 0 Å². The van der Waals surface area contributed by atoms with Crippen molar-refractivity contribution in [1.82, 2.24) is 9.88 Å². The van der Waals surface area contributed by atoms with Gasteiger partial charge in [0.25, 0.3) is 5.91 Å². The zero-order valence-corrected chi connectivity index (χ0v) is 15.9. The molecule has 1 aromatic heterocycles. The zero-order chi connectivity index (χ0) is 18.6. The van der Waals surface area contributed by atoms with Gasteiger partial charge in [-0.25, -0.2) is 4.98 Å². The molecule has 0 N–H and O–H groups in total. The van der Waals surface area contributed by atoms with Crippen LogP contribution < -0.4 is 4.90 Å². The second-order valence-corrected chi connectivity index (χ2v) is 7.37. The van der Waals surface area contributed by atoms with E-state index in [2.05, 4.69) is 17.9 Å². The summed E-state index contributed by atoms with van der Waals surface area (Å²) in [5.41, 5.74) is 3.15. The molecule has 5 heteroatoms. The van der Waals surface area contributed by atoms with Crippen molar-refractivity contribution in [3.8, 4) is 0 Å². The average molecular weight is 365 g/mol. The van der Waals surface area contributed by atoms with E-state index in [-0.39, 0.29) is 11.9 Å². The molecule has 1 atom stereocenters. The van der Waals surface area contributed by atoms with Gasteiger partial charge in [0.15, 0.2) is 0 Å². The number of hydrogen-bond acceptors (Lipinski definition) is 4. The molecule has 0 spiro atoms. The minimum Gasteiger partial charge on any atom is -0.378 e. The molecule has 0 aliphatic carbocycles. The molecule has 2 saturated heterocycles.